The minimum absolute atomic E-state index is 0.102. The van der Waals surface area contributed by atoms with Crippen LogP contribution in [0.3, 0.4) is 0 Å². The largest absolute Gasteiger partial charge is 0.495 e. The monoisotopic (exact) mass is 255 g/mol. The van der Waals surface area contributed by atoms with Crippen molar-refractivity contribution in [2.75, 3.05) is 20.2 Å². The van der Waals surface area contributed by atoms with Gasteiger partial charge >= 0.3 is 5.97 Å². The van der Waals surface area contributed by atoms with Crippen molar-refractivity contribution in [1.29, 1.82) is 0 Å². The number of methoxy groups -OCH3 is 1. The highest BCUT2D eigenvalue weighted by molar-refractivity contribution is 6.32. The van der Waals surface area contributed by atoms with Crippen molar-refractivity contribution >= 4 is 17.6 Å². The van der Waals surface area contributed by atoms with Crippen LogP contribution in [0.1, 0.15) is 11.5 Å². The molecule has 17 heavy (non-hydrogen) atoms. The van der Waals surface area contributed by atoms with E-state index in [9.17, 15) is 4.79 Å². The number of hydrogen-bond donors (Lipinski definition) is 2. The topological polar surface area (TPSA) is 58.6 Å². The van der Waals surface area contributed by atoms with Crippen molar-refractivity contribution in [3.63, 3.8) is 0 Å². The van der Waals surface area contributed by atoms with Crippen LogP contribution in [0.2, 0.25) is 5.02 Å². The number of benzene rings is 1. The summed E-state index contributed by atoms with van der Waals surface area (Å²) in [6, 6.07) is 5.46. The third-order valence-corrected chi connectivity index (χ3v) is 3.55. The molecule has 0 spiro atoms. The van der Waals surface area contributed by atoms with Gasteiger partial charge in [-0.1, -0.05) is 23.7 Å². The fourth-order valence-corrected chi connectivity index (χ4v) is 2.58. The molecule has 1 aromatic rings. The molecule has 0 aromatic heterocycles. The number of hydrogen-bond acceptors (Lipinski definition) is 3. The van der Waals surface area contributed by atoms with Crippen LogP contribution in [0.5, 0.6) is 5.75 Å². The van der Waals surface area contributed by atoms with Crippen molar-refractivity contribution in [2.24, 2.45) is 5.92 Å². The second kappa shape index (κ2) is 4.94. The first-order valence-corrected chi connectivity index (χ1v) is 5.79. The first-order valence-electron chi connectivity index (χ1n) is 5.41. The van der Waals surface area contributed by atoms with Crippen molar-refractivity contribution in [3.8, 4) is 5.75 Å². The van der Waals surface area contributed by atoms with Crippen LogP contribution in [0.25, 0.3) is 0 Å². The Hall–Kier alpha value is -1.26. The van der Waals surface area contributed by atoms with E-state index < -0.39 is 11.9 Å². The van der Waals surface area contributed by atoms with Crippen molar-refractivity contribution in [2.45, 2.75) is 5.92 Å². The fraction of sp³-hybridized carbons (Fsp3) is 0.417. The fourth-order valence-electron chi connectivity index (χ4n) is 2.24. The van der Waals surface area contributed by atoms with E-state index in [2.05, 4.69) is 5.32 Å². The van der Waals surface area contributed by atoms with E-state index in [1.807, 2.05) is 12.1 Å². The van der Waals surface area contributed by atoms with Gasteiger partial charge in [0.15, 0.2) is 0 Å². The molecule has 0 bridgehead atoms. The molecule has 1 heterocycles. The molecule has 0 saturated carbocycles. The van der Waals surface area contributed by atoms with Crippen LogP contribution in [0.4, 0.5) is 0 Å². The van der Waals surface area contributed by atoms with Gasteiger partial charge in [0.05, 0.1) is 18.1 Å². The maximum absolute atomic E-state index is 11.1. The van der Waals surface area contributed by atoms with E-state index in [-0.39, 0.29) is 5.92 Å². The van der Waals surface area contributed by atoms with Crippen LogP contribution in [0.15, 0.2) is 18.2 Å². The summed E-state index contributed by atoms with van der Waals surface area (Å²) < 4.78 is 5.14. The quantitative estimate of drug-likeness (QED) is 0.864. The summed E-state index contributed by atoms with van der Waals surface area (Å²) in [4.78, 5) is 11.1. The molecule has 2 rings (SSSR count). The van der Waals surface area contributed by atoms with E-state index in [1.54, 1.807) is 13.2 Å². The Bertz CT molecular complexity index is 436. The summed E-state index contributed by atoms with van der Waals surface area (Å²) in [7, 11) is 1.55. The van der Waals surface area contributed by atoms with Gasteiger partial charge in [-0.25, -0.2) is 0 Å². The molecule has 4 nitrogen and oxygen atoms in total. The Labute approximate surface area is 105 Å². The van der Waals surface area contributed by atoms with Gasteiger partial charge in [0, 0.05) is 19.0 Å². The van der Waals surface area contributed by atoms with Gasteiger partial charge in [-0.2, -0.15) is 0 Å². The van der Waals surface area contributed by atoms with E-state index >= 15 is 0 Å². The summed E-state index contributed by atoms with van der Waals surface area (Å²) >= 11 is 6.21. The molecule has 2 unspecified atom stereocenters. The number of ether oxygens (including phenoxy) is 1. The Kier molecular flexibility index (Phi) is 3.54. The molecule has 92 valence electrons. The van der Waals surface area contributed by atoms with Crippen LogP contribution < -0.4 is 10.1 Å². The third kappa shape index (κ3) is 2.23. The summed E-state index contributed by atoms with van der Waals surface area (Å²) in [5, 5.41) is 12.7. The predicted molar refractivity (Wildman–Crippen MR) is 64.7 cm³/mol. The second-order valence-electron chi connectivity index (χ2n) is 4.07. The molecule has 2 atom stereocenters. The van der Waals surface area contributed by atoms with Crippen molar-refractivity contribution < 1.29 is 14.6 Å². The molecule has 1 saturated heterocycles. The molecular weight excluding hydrogens is 242 g/mol. The van der Waals surface area contributed by atoms with Gasteiger partial charge in [-0.3, -0.25) is 4.79 Å². The Balaban J connectivity index is 2.36. The van der Waals surface area contributed by atoms with Gasteiger partial charge in [-0.15, -0.1) is 0 Å². The number of carboxylic acid groups (broad SMARTS) is 1. The highest BCUT2D eigenvalue weighted by Gasteiger charge is 2.35. The minimum atomic E-state index is -0.793. The number of rotatable bonds is 3. The number of aliphatic carboxylic acids is 1. The standard InChI is InChI=1S/C12H14ClNO3/c1-17-10-4-2-3-7(11(10)13)8-5-14-6-9(8)12(15)16/h2-4,8-9,14H,5-6H2,1H3,(H,15,16). The molecule has 1 aromatic carbocycles. The molecule has 1 aliphatic rings. The summed E-state index contributed by atoms with van der Waals surface area (Å²) in [6.07, 6.45) is 0. The average Bonchev–Trinajstić information content (AvgIpc) is 2.78. The number of carbonyl (C=O) groups is 1. The number of nitrogens with one attached hydrogen (secondary N) is 1. The van der Waals surface area contributed by atoms with Crippen LogP contribution >= 0.6 is 11.6 Å². The normalized spacial score (nSPS) is 23.6. The van der Waals surface area contributed by atoms with Crippen LogP contribution in [-0.4, -0.2) is 31.3 Å². The number of halogens is 1. The lowest BCUT2D eigenvalue weighted by Gasteiger charge is -2.17. The zero-order valence-corrected chi connectivity index (χ0v) is 10.2. The SMILES string of the molecule is COc1cccc(C2CNCC2C(=O)O)c1Cl. The molecule has 1 aliphatic heterocycles. The molecular formula is C12H14ClNO3. The maximum atomic E-state index is 11.1. The molecule has 2 N–H and O–H groups in total. The van der Waals surface area contributed by atoms with Crippen LogP contribution in [-0.2, 0) is 4.79 Å². The second-order valence-corrected chi connectivity index (χ2v) is 4.45. The highest BCUT2D eigenvalue weighted by Crippen LogP contribution is 2.37. The summed E-state index contributed by atoms with van der Waals surface area (Å²) in [5.41, 5.74) is 0.836. The first-order chi connectivity index (χ1) is 8.15. The van der Waals surface area contributed by atoms with Gasteiger partial charge in [0.1, 0.15) is 5.75 Å². The highest BCUT2D eigenvalue weighted by atomic mass is 35.5. The summed E-state index contributed by atoms with van der Waals surface area (Å²) in [5.74, 6) is -0.742. The predicted octanol–water partition coefficient (Wildman–Crippen LogP) is 1.74. The lowest BCUT2D eigenvalue weighted by molar-refractivity contribution is -0.141. The molecule has 0 radical (unpaired) electrons. The minimum Gasteiger partial charge on any atom is -0.495 e. The first kappa shape index (κ1) is 12.2. The molecule has 5 heteroatoms. The molecule has 0 aliphatic carbocycles. The lowest BCUT2D eigenvalue weighted by Crippen LogP contribution is -2.21. The van der Waals surface area contributed by atoms with E-state index in [4.69, 9.17) is 21.4 Å². The summed E-state index contributed by atoms with van der Waals surface area (Å²) in [6.45, 7) is 1.11. The zero-order valence-electron chi connectivity index (χ0n) is 9.44. The lowest BCUT2D eigenvalue weighted by atomic mass is 9.89. The Morgan fingerprint density at radius 1 is 1.53 bits per heavy atom. The van der Waals surface area contributed by atoms with Gasteiger partial charge < -0.3 is 15.2 Å². The number of carboxylic acids is 1. The van der Waals surface area contributed by atoms with Crippen LogP contribution in [0, 0.1) is 5.92 Å². The molecule has 0 amide bonds. The van der Waals surface area contributed by atoms with E-state index in [1.165, 1.54) is 0 Å². The van der Waals surface area contributed by atoms with E-state index in [0.717, 1.165) is 5.56 Å². The molecule has 1 fully saturated rings. The third-order valence-electron chi connectivity index (χ3n) is 3.14. The van der Waals surface area contributed by atoms with Gasteiger partial charge in [-0.05, 0) is 11.6 Å². The smallest absolute Gasteiger partial charge is 0.308 e. The van der Waals surface area contributed by atoms with Gasteiger partial charge in [0.25, 0.3) is 0 Å². The Morgan fingerprint density at radius 3 is 2.94 bits per heavy atom. The Morgan fingerprint density at radius 2 is 2.29 bits per heavy atom. The maximum Gasteiger partial charge on any atom is 0.308 e. The van der Waals surface area contributed by atoms with Crippen molar-refractivity contribution in [3.05, 3.63) is 28.8 Å². The average molecular weight is 256 g/mol. The van der Waals surface area contributed by atoms with Gasteiger partial charge in [0.2, 0.25) is 0 Å². The zero-order chi connectivity index (χ0) is 12.4. The van der Waals surface area contributed by atoms with E-state index in [0.29, 0.717) is 23.9 Å². The van der Waals surface area contributed by atoms with Crippen molar-refractivity contribution in [1.82, 2.24) is 5.32 Å².